The highest BCUT2D eigenvalue weighted by molar-refractivity contribution is 5.94. The van der Waals surface area contributed by atoms with Crippen molar-refractivity contribution in [1.82, 2.24) is 19.6 Å². The Morgan fingerprint density at radius 1 is 1.12 bits per heavy atom. The molecule has 1 N–H and O–H groups in total. The van der Waals surface area contributed by atoms with Gasteiger partial charge in [-0.3, -0.25) is 4.98 Å². The summed E-state index contributed by atoms with van der Waals surface area (Å²) in [6.45, 7) is 0. The first-order valence-electron chi connectivity index (χ1n) is 8.26. The summed E-state index contributed by atoms with van der Waals surface area (Å²) in [5.74, 6) is -0.627. The van der Waals surface area contributed by atoms with Crippen molar-refractivity contribution in [3.8, 4) is 11.1 Å². The fourth-order valence-electron chi connectivity index (χ4n) is 3.62. The Balaban J connectivity index is 1.96. The van der Waals surface area contributed by atoms with Crippen LogP contribution in [-0.4, -0.2) is 30.7 Å². The minimum absolute atomic E-state index is 0.147. The first kappa shape index (κ1) is 14.8. The van der Waals surface area contributed by atoms with E-state index < -0.39 is 5.97 Å². The molecule has 0 bridgehead atoms. The molecule has 122 valence electrons. The van der Waals surface area contributed by atoms with Gasteiger partial charge in [0.2, 0.25) is 0 Å². The SMILES string of the molecule is O=C(O)c1cnn2c(C3CCCCC3)c(-c3ccncc3)cnc12. The van der Waals surface area contributed by atoms with E-state index in [2.05, 4.69) is 15.1 Å². The maximum atomic E-state index is 11.4. The van der Waals surface area contributed by atoms with E-state index in [4.69, 9.17) is 0 Å². The number of aromatic carboxylic acids is 1. The van der Waals surface area contributed by atoms with Crippen LogP contribution in [0.2, 0.25) is 0 Å². The number of fused-ring (bicyclic) bond motifs is 1. The molecule has 3 aromatic heterocycles. The van der Waals surface area contributed by atoms with Gasteiger partial charge in [0.15, 0.2) is 5.65 Å². The fraction of sp³-hybridized carbons (Fsp3) is 0.333. The lowest BCUT2D eigenvalue weighted by molar-refractivity contribution is 0.0698. The summed E-state index contributed by atoms with van der Waals surface area (Å²) in [4.78, 5) is 19.9. The van der Waals surface area contributed by atoms with E-state index in [-0.39, 0.29) is 5.56 Å². The standard InChI is InChI=1S/C18H18N4O2/c23-18(24)15-11-21-22-16(13-4-2-1-3-5-13)14(10-20-17(15)22)12-6-8-19-9-7-12/h6-11,13H,1-5H2,(H,23,24). The molecule has 0 saturated heterocycles. The van der Waals surface area contributed by atoms with Gasteiger partial charge in [0.05, 0.1) is 11.9 Å². The zero-order chi connectivity index (χ0) is 16.5. The van der Waals surface area contributed by atoms with Gasteiger partial charge in [-0.25, -0.2) is 14.3 Å². The first-order chi connectivity index (χ1) is 11.8. The molecule has 3 aromatic rings. The average molecular weight is 322 g/mol. The van der Waals surface area contributed by atoms with E-state index in [1.807, 2.05) is 12.1 Å². The van der Waals surface area contributed by atoms with Crippen LogP contribution in [0.5, 0.6) is 0 Å². The highest BCUT2D eigenvalue weighted by Crippen LogP contribution is 2.38. The summed E-state index contributed by atoms with van der Waals surface area (Å²) < 4.78 is 1.73. The predicted molar refractivity (Wildman–Crippen MR) is 89.0 cm³/mol. The van der Waals surface area contributed by atoms with Crippen molar-refractivity contribution in [2.24, 2.45) is 0 Å². The van der Waals surface area contributed by atoms with Gasteiger partial charge in [0.1, 0.15) is 5.56 Å². The zero-order valence-corrected chi connectivity index (χ0v) is 13.2. The quantitative estimate of drug-likeness (QED) is 0.797. The molecule has 24 heavy (non-hydrogen) atoms. The molecule has 0 amide bonds. The second-order valence-corrected chi connectivity index (χ2v) is 6.23. The Hall–Kier alpha value is -2.76. The van der Waals surface area contributed by atoms with Crippen molar-refractivity contribution < 1.29 is 9.90 Å². The molecule has 1 fully saturated rings. The highest BCUT2D eigenvalue weighted by Gasteiger charge is 2.25. The number of aromatic nitrogens is 4. The number of carboxylic acids is 1. The number of hydrogen-bond donors (Lipinski definition) is 1. The molecule has 3 heterocycles. The summed E-state index contributed by atoms with van der Waals surface area (Å²) in [6.07, 6.45) is 12.5. The fourth-order valence-corrected chi connectivity index (χ4v) is 3.62. The van der Waals surface area contributed by atoms with Gasteiger partial charge in [-0.15, -0.1) is 0 Å². The smallest absolute Gasteiger partial charge is 0.341 e. The minimum Gasteiger partial charge on any atom is -0.477 e. The molecule has 1 aliphatic carbocycles. The summed E-state index contributed by atoms with van der Waals surface area (Å²) in [6, 6.07) is 3.91. The van der Waals surface area contributed by atoms with Gasteiger partial charge < -0.3 is 5.11 Å². The van der Waals surface area contributed by atoms with E-state index >= 15 is 0 Å². The van der Waals surface area contributed by atoms with Gasteiger partial charge in [-0.2, -0.15) is 5.10 Å². The zero-order valence-electron chi connectivity index (χ0n) is 13.2. The second kappa shape index (κ2) is 6.03. The van der Waals surface area contributed by atoms with Crippen LogP contribution in [-0.2, 0) is 0 Å². The average Bonchev–Trinajstić information content (AvgIpc) is 3.06. The van der Waals surface area contributed by atoms with E-state index in [1.54, 1.807) is 23.1 Å². The van der Waals surface area contributed by atoms with Crippen LogP contribution in [0.15, 0.2) is 36.9 Å². The summed E-state index contributed by atoms with van der Waals surface area (Å²) in [5.41, 5.74) is 3.68. The molecule has 6 nitrogen and oxygen atoms in total. The van der Waals surface area contributed by atoms with Gasteiger partial charge in [-0.05, 0) is 30.5 Å². The number of rotatable bonds is 3. The topological polar surface area (TPSA) is 80.4 Å². The maximum absolute atomic E-state index is 11.4. The monoisotopic (exact) mass is 322 g/mol. The van der Waals surface area contributed by atoms with Crippen LogP contribution >= 0.6 is 0 Å². The van der Waals surface area contributed by atoms with Gasteiger partial charge in [-0.1, -0.05) is 19.3 Å². The summed E-state index contributed by atoms with van der Waals surface area (Å²) in [7, 11) is 0. The normalized spacial score (nSPS) is 15.7. The van der Waals surface area contributed by atoms with Crippen LogP contribution in [0.3, 0.4) is 0 Å². The van der Waals surface area contributed by atoms with Gasteiger partial charge in [0, 0.05) is 30.1 Å². The lowest BCUT2D eigenvalue weighted by Crippen LogP contribution is -2.13. The Labute approximate surface area is 139 Å². The first-order valence-corrected chi connectivity index (χ1v) is 8.26. The maximum Gasteiger partial charge on any atom is 0.341 e. The van der Waals surface area contributed by atoms with Crippen LogP contribution in [0.25, 0.3) is 16.8 Å². The van der Waals surface area contributed by atoms with E-state index in [0.717, 1.165) is 29.7 Å². The van der Waals surface area contributed by atoms with Crippen molar-refractivity contribution in [2.45, 2.75) is 38.0 Å². The molecule has 0 radical (unpaired) electrons. The number of hydrogen-bond acceptors (Lipinski definition) is 4. The molecular weight excluding hydrogens is 304 g/mol. The molecule has 0 aliphatic heterocycles. The number of nitrogens with zero attached hydrogens (tertiary/aromatic N) is 4. The van der Waals surface area contributed by atoms with Crippen LogP contribution in [0.1, 0.15) is 54.1 Å². The molecule has 0 atom stereocenters. The van der Waals surface area contributed by atoms with Crippen LogP contribution in [0, 0.1) is 0 Å². The van der Waals surface area contributed by atoms with Crippen LogP contribution in [0.4, 0.5) is 0 Å². The molecule has 0 unspecified atom stereocenters. The molecule has 4 rings (SSSR count). The Bertz CT molecular complexity index is 883. The summed E-state index contributed by atoms with van der Waals surface area (Å²) >= 11 is 0. The number of carbonyl (C=O) groups is 1. The summed E-state index contributed by atoms with van der Waals surface area (Å²) in [5, 5.41) is 13.7. The lowest BCUT2D eigenvalue weighted by Gasteiger charge is -2.24. The Kier molecular flexibility index (Phi) is 3.72. The van der Waals surface area contributed by atoms with Crippen LogP contribution < -0.4 is 0 Å². The number of carboxylic acid groups (broad SMARTS) is 1. The third kappa shape index (κ3) is 2.44. The number of pyridine rings is 1. The van der Waals surface area contributed by atoms with E-state index in [0.29, 0.717) is 11.6 Å². The third-order valence-electron chi connectivity index (χ3n) is 4.78. The van der Waals surface area contributed by atoms with Crippen molar-refractivity contribution in [1.29, 1.82) is 0 Å². The van der Waals surface area contributed by atoms with Gasteiger partial charge >= 0.3 is 5.97 Å². The van der Waals surface area contributed by atoms with Crippen molar-refractivity contribution >= 4 is 11.6 Å². The predicted octanol–water partition coefficient (Wildman–Crippen LogP) is 3.54. The van der Waals surface area contributed by atoms with Gasteiger partial charge in [0.25, 0.3) is 0 Å². The Morgan fingerprint density at radius 2 is 1.88 bits per heavy atom. The van der Waals surface area contributed by atoms with Crippen molar-refractivity contribution in [2.75, 3.05) is 0 Å². The van der Waals surface area contributed by atoms with Crippen molar-refractivity contribution in [3.63, 3.8) is 0 Å². The molecular formula is C18H18N4O2. The minimum atomic E-state index is -0.997. The molecule has 0 aromatic carbocycles. The second-order valence-electron chi connectivity index (χ2n) is 6.23. The molecule has 1 aliphatic rings. The molecule has 0 spiro atoms. The van der Waals surface area contributed by atoms with E-state index in [9.17, 15) is 9.90 Å². The largest absolute Gasteiger partial charge is 0.477 e. The highest BCUT2D eigenvalue weighted by atomic mass is 16.4. The Morgan fingerprint density at radius 3 is 2.58 bits per heavy atom. The third-order valence-corrected chi connectivity index (χ3v) is 4.78. The molecule has 1 saturated carbocycles. The lowest BCUT2D eigenvalue weighted by atomic mass is 9.84. The molecule has 6 heteroatoms. The van der Waals surface area contributed by atoms with Crippen molar-refractivity contribution in [3.05, 3.63) is 48.2 Å². The van der Waals surface area contributed by atoms with E-state index in [1.165, 1.54) is 25.5 Å².